The van der Waals surface area contributed by atoms with Crippen LogP contribution in [0.1, 0.15) is 39.1 Å². The molecule has 0 bridgehead atoms. The predicted molar refractivity (Wildman–Crippen MR) is 96.9 cm³/mol. The molecule has 148 valence electrons. The highest BCUT2D eigenvalue weighted by molar-refractivity contribution is 5.99. The number of alkyl halides is 3. The van der Waals surface area contributed by atoms with Crippen molar-refractivity contribution in [3.63, 3.8) is 0 Å². The summed E-state index contributed by atoms with van der Waals surface area (Å²) in [5.74, 6) is -0.423. The van der Waals surface area contributed by atoms with Crippen LogP contribution in [0.4, 0.5) is 19.0 Å². The summed E-state index contributed by atoms with van der Waals surface area (Å²) in [5.41, 5.74) is 5.06. The predicted octanol–water partition coefficient (Wildman–Crippen LogP) is 2.60. The number of nitrogens with one attached hydrogen (secondary N) is 1. The van der Waals surface area contributed by atoms with E-state index in [1.807, 2.05) is 4.90 Å². The Balaban J connectivity index is 1.56. The zero-order valence-electron chi connectivity index (χ0n) is 14.9. The molecule has 3 rings (SSSR count). The van der Waals surface area contributed by atoms with E-state index in [0.29, 0.717) is 37.3 Å². The topological polar surface area (TPSA) is 88.3 Å². The lowest BCUT2D eigenvalue weighted by atomic mass is 10.0. The fraction of sp³-hybridized carbons (Fsp3) is 0.316. The average molecular weight is 392 g/mol. The van der Waals surface area contributed by atoms with E-state index in [1.54, 1.807) is 12.1 Å². The van der Waals surface area contributed by atoms with Crippen molar-refractivity contribution in [2.24, 2.45) is 5.73 Å². The molecule has 1 saturated heterocycles. The van der Waals surface area contributed by atoms with Crippen molar-refractivity contribution < 1.29 is 22.8 Å². The number of primary amides is 1. The smallest absolute Gasteiger partial charge is 0.366 e. The highest BCUT2D eigenvalue weighted by Gasteiger charge is 2.31. The number of carbonyl (C=O) groups excluding carboxylic acids is 2. The maximum Gasteiger partial charge on any atom is 0.417 e. The molecule has 0 aliphatic carbocycles. The second-order valence-corrected chi connectivity index (χ2v) is 6.58. The molecular weight excluding hydrogens is 373 g/mol. The molecule has 9 heteroatoms. The fourth-order valence-electron chi connectivity index (χ4n) is 3.08. The van der Waals surface area contributed by atoms with Crippen LogP contribution in [0.2, 0.25) is 0 Å². The van der Waals surface area contributed by atoms with Gasteiger partial charge in [0.15, 0.2) is 0 Å². The molecule has 0 spiro atoms. The van der Waals surface area contributed by atoms with Crippen LogP contribution in [-0.4, -0.2) is 35.9 Å². The van der Waals surface area contributed by atoms with Crippen LogP contribution in [-0.2, 0) is 6.18 Å². The first kappa shape index (κ1) is 19.7. The molecule has 0 radical (unpaired) electrons. The lowest BCUT2D eigenvalue weighted by molar-refractivity contribution is -0.137. The number of aromatic nitrogens is 1. The van der Waals surface area contributed by atoms with Gasteiger partial charge in [-0.15, -0.1) is 0 Å². The molecule has 1 aliphatic rings. The Morgan fingerprint density at radius 1 is 1.11 bits per heavy atom. The number of hydrogen-bond donors (Lipinski definition) is 2. The SMILES string of the molecule is NC(=O)c1cccc(C(=O)NC2CCN(c3ccc(C(F)(F)F)cn3)CC2)c1. The van der Waals surface area contributed by atoms with E-state index < -0.39 is 17.6 Å². The molecule has 1 aromatic heterocycles. The lowest BCUT2D eigenvalue weighted by Gasteiger charge is -2.33. The number of piperidine rings is 1. The summed E-state index contributed by atoms with van der Waals surface area (Å²) < 4.78 is 37.9. The minimum absolute atomic E-state index is 0.0737. The van der Waals surface area contributed by atoms with E-state index in [1.165, 1.54) is 18.2 Å². The summed E-state index contributed by atoms with van der Waals surface area (Å²) in [7, 11) is 0. The average Bonchev–Trinajstić information content (AvgIpc) is 2.68. The first-order valence-corrected chi connectivity index (χ1v) is 8.73. The molecule has 2 amide bonds. The van der Waals surface area contributed by atoms with Gasteiger partial charge in [-0.25, -0.2) is 4.98 Å². The number of amides is 2. The Labute approximate surface area is 159 Å². The number of rotatable bonds is 4. The number of nitrogens with two attached hydrogens (primary N) is 1. The molecule has 0 saturated carbocycles. The Morgan fingerprint density at radius 3 is 2.36 bits per heavy atom. The van der Waals surface area contributed by atoms with Crippen LogP contribution in [0.15, 0.2) is 42.6 Å². The van der Waals surface area contributed by atoms with Crippen LogP contribution >= 0.6 is 0 Å². The third kappa shape index (κ3) is 4.59. The van der Waals surface area contributed by atoms with Crippen molar-refractivity contribution in [2.45, 2.75) is 25.1 Å². The van der Waals surface area contributed by atoms with Gasteiger partial charge < -0.3 is 16.0 Å². The van der Waals surface area contributed by atoms with Crippen molar-refractivity contribution in [3.8, 4) is 0 Å². The number of pyridine rings is 1. The molecule has 1 aromatic carbocycles. The van der Waals surface area contributed by atoms with Gasteiger partial charge in [-0.1, -0.05) is 6.07 Å². The number of carbonyl (C=O) groups is 2. The van der Waals surface area contributed by atoms with E-state index in [-0.39, 0.29) is 17.5 Å². The van der Waals surface area contributed by atoms with Gasteiger partial charge in [-0.05, 0) is 43.2 Å². The number of halogens is 3. The normalized spacial score (nSPS) is 15.3. The third-order valence-corrected chi connectivity index (χ3v) is 4.64. The summed E-state index contributed by atoms with van der Waals surface area (Å²) >= 11 is 0. The maximum atomic E-state index is 12.6. The Bertz CT molecular complexity index is 860. The van der Waals surface area contributed by atoms with E-state index in [0.717, 1.165) is 12.3 Å². The summed E-state index contributed by atoms with van der Waals surface area (Å²) in [6.45, 7) is 1.12. The summed E-state index contributed by atoms with van der Waals surface area (Å²) in [6.07, 6.45) is -2.32. The Kier molecular flexibility index (Phi) is 5.53. The second-order valence-electron chi connectivity index (χ2n) is 6.58. The highest BCUT2D eigenvalue weighted by Crippen LogP contribution is 2.29. The molecule has 28 heavy (non-hydrogen) atoms. The van der Waals surface area contributed by atoms with E-state index in [9.17, 15) is 22.8 Å². The Hall–Kier alpha value is -3.10. The zero-order chi connectivity index (χ0) is 20.3. The van der Waals surface area contributed by atoms with Gasteiger partial charge in [0.25, 0.3) is 5.91 Å². The molecule has 3 N–H and O–H groups in total. The van der Waals surface area contributed by atoms with Crippen LogP contribution in [0, 0.1) is 0 Å². The van der Waals surface area contributed by atoms with Crippen molar-refractivity contribution in [1.29, 1.82) is 0 Å². The molecule has 2 heterocycles. The van der Waals surface area contributed by atoms with Crippen molar-refractivity contribution in [1.82, 2.24) is 10.3 Å². The Morgan fingerprint density at radius 2 is 1.79 bits per heavy atom. The van der Waals surface area contributed by atoms with Crippen LogP contribution in [0.25, 0.3) is 0 Å². The van der Waals surface area contributed by atoms with Gasteiger partial charge in [-0.3, -0.25) is 9.59 Å². The largest absolute Gasteiger partial charge is 0.417 e. The number of hydrogen-bond acceptors (Lipinski definition) is 4. The van der Waals surface area contributed by atoms with Gasteiger partial charge in [0.05, 0.1) is 5.56 Å². The van der Waals surface area contributed by atoms with Crippen LogP contribution in [0.5, 0.6) is 0 Å². The summed E-state index contributed by atoms with van der Waals surface area (Å²) in [5, 5.41) is 2.92. The maximum absolute atomic E-state index is 12.6. The van der Waals surface area contributed by atoms with Crippen molar-refractivity contribution >= 4 is 17.6 Å². The standard InChI is InChI=1S/C19H19F3N4O2/c20-19(21,22)14-4-5-16(24-11-14)26-8-6-15(7-9-26)25-18(28)13-3-1-2-12(10-13)17(23)27/h1-5,10-11,15H,6-9H2,(H2,23,27)(H,25,28). The molecule has 1 fully saturated rings. The summed E-state index contributed by atoms with van der Waals surface area (Å²) in [6, 6.07) is 8.47. The highest BCUT2D eigenvalue weighted by atomic mass is 19.4. The van der Waals surface area contributed by atoms with Crippen molar-refractivity contribution in [3.05, 3.63) is 59.3 Å². The van der Waals surface area contributed by atoms with Gasteiger partial charge >= 0.3 is 6.18 Å². The van der Waals surface area contributed by atoms with Crippen molar-refractivity contribution in [2.75, 3.05) is 18.0 Å². The molecule has 0 unspecified atom stereocenters. The fourth-order valence-corrected chi connectivity index (χ4v) is 3.08. The van der Waals surface area contributed by atoms with Crippen LogP contribution < -0.4 is 16.0 Å². The van der Waals surface area contributed by atoms with Gasteiger partial charge in [0.1, 0.15) is 5.82 Å². The lowest BCUT2D eigenvalue weighted by Crippen LogP contribution is -2.45. The summed E-state index contributed by atoms with van der Waals surface area (Å²) in [4.78, 5) is 29.4. The zero-order valence-corrected chi connectivity index (χ0v) is 14.9. The molecular formula is C19H19F3N4O2. The first-order valence-electron chi connectivity index (χ1n) is 8.73. The second kappa shape index (κ2) is 7.87. The third-order valence-electron chi connectivity index (χ3n) is 4.64. The number of anilines is 1. The number of benzene rings is 1. The minimum atomic E-state index is -4.41. The molecule has 6 nitrogen and oxygen atoms in total. The molecule has 2 aromatic rings. The van der Waals surface area contributed by atoms with E-state index in [4.69, 9.17) is 5.73 Å². The monoisotopic (exact) mass is 392 g/mol. The molecule has 0 atom stereocenters. The van der Waals surface area contributed by atoms with Gasteiger partial charge in [0.2, 0.25) is 5.91 Å². The van der Waals surface area contributed by atoms with Gasteiger partial charge in [-0.2, -0.15) is 13.2 Å². The van der Waals surface area contributed by atoms with E-state index in [2.05, 4.69) is 10.3 Å². The first-order chi connectivity index (χ1) is 13.2. The van der Waals surface area contributed by atoms with Gasteiger partial charge in [0, 0.05) is 36.5 Å². The quantitative estimate of drug-likeness (QED) is 0.837. The number of nitrogens with zero attached hydrogens (tertiary/aromatic N) is 2. The molecule has 1 aliphatic heterocycles. The van der Waals surface area contributed by atoms with E-state index >= 15 is 0 Å². The minimum Gasteiger partial charge on any atom is -0.366 e. The van der Waals surface area contributed by atoms with Crippen LogP contribution in [0.3, 0.4) is 0 Å².